The highest BCUT2D eigenvalue weighted by Gasteiger charge is 2.05. The Balaban J connectivity index is 2.69. The highest BCUT2D eigenvalue weighted by atomic mass is 16.5. The van der Waals surface area contributed by atoms with E-state index in [1.54, 1.807) is 6.92 Å². The van der Waals surface area contributed by atoms with E-state index < -0.39 is 5.97 Å². The lowest BCUT2D eigenvalue weighted by Crippen LogP contribution is -2.06. The van der Waals surface area contributed by atoms with Crippen LogP contribution in [0.1, 0.15) is 17.4 Å². The Labute approximate surface area is 64.2 Å². The normalized spacial score (nSPS) is 9.18. The summed E-state index contributed by atoms with van der Waals surface area (Å²) < 4.78 is 4.68. The van der Waals surface area contributed by atoms with Crippen LogP contribution in [0.15, 0.2) is 12.3 Å². The van der Waals surface area contributed by atoms with Gasteiger partial charge in [0.1, 0.15) is 0 Å². The molecule has 0 aliphatic rings. The fourth-order valence-corrected chi connectivity index (χ4v) is 0.580. The minimum atomic E-state index is -0.439. The van der Waals surface area contributed by atoms with Crippen LogP contribution in [-0.2, 0) is 4.74 Å². The monoisotopic (exact) mass is 151 g/mol. The molecule has 11 heavy (non-hydrogen) atoms. The lowest BCUT2D eigenvalue weighted by atomic mass is 10.4. The topological polar surface area (TPSA) is 52.1 Å². The summed E-state index contributed by atoms with van der Waals surface area (Å²) in [5, 5.41) is 0. The molecular formula is C7H7N2O2. The van der Waals surface area contributed by atoms with Gasteiger partial charge in [-0.15, -0.1) is 0 Å². The Morgan fingerprint density at radius 2 is 2.64 bits per heavy atom. The van der Waals surface area contributed by atoms with Crippen molar-refractivity contribution in [2.24, 2.45) is 0 Å². The highest BCUT2D eigenvalue weighted by Crippen LogP contribution is 1.93. The first-order chi connectivity index (χ1) is 5.34. The summed E-state index contributed by atoms with van der Waals surface area (Å²) in [5.74, 6) is -0.439. The smallest absolute Gasteiger partial charge is 0.357 e. The first-order valence-corrected chi connectivity index (χ1v) is 3.21. The molecule has 57 valence electrons. The molecule has 0 saturated heterocycles. The number of hydrogen-bond donors (Lipinski definition) is 0. The van der Waals surface area contributed by atoms with Crippen LogP contribution in [0.3, 0.4) is 0 Å². The molecule has 0 spiro atoms. The first kappa shape index (κ1) is 7.65. The summed E-state index contributed by atoms with van der Waals surface area (Å²) in [4.78, 5) is 18.0. The minimum Gasteiger partial charge on any atom is -0.461 e. The van der Waals surface area contributed by atoms with Crippen LogP contribution in [0.2, 0.25) is 0 Å². The Kier molecular flexibility index (Phi) is 2.54. The predicted molar refractivity (Wildman–Crippen MR) is 36.8 cm³/mol. The van der Waals surface area contributed by atoms with E-state index in [1.807, 2.05) is 0 Å². The van der Waals surface area contributed by atoms with Gasteiger partial charge in [-0.1, -0.05) is 0 Å². The van der Waals surface area contributed by atoms with Gasteiger partial charge in [-0.2, -0.15) is 0 Å². The van der Waals surface area contributed by atoms with Gasteiger partial charge in [0.2, 0.25) is 0 Å². The number of ether oxygens (including phenoxy) is 1. The highest BCUT2D eigenvalue weighted by molar-refractivity contribution is 5.86. The standard InChI is InChI=1S/C7H7N2O2/c1-2-11-7(10)6-3-4-8-5-9-6/h3-4H,2H2,1H3. The molecule has 0 unspecified atom stereocenters. The van der Waals surface area contributed by atoms with Crippen molar-refractivity contribution in [2.45, 2.75) is 6.92 Å². The van der Waals surface area contributed by atoms with Crippen molar-refractivity contribution in [2.75, 3.05) is 6.61 Å². The van der Waals surface area contributed by atoms with Crippen molar-refractivity contribution in [1.82, 2.24) is 9.97 Å². The van der Waals surface area contributed by atoms with E-state index in [1.165, 1.54) is 12.3 Å². The average molecular weight is 151 g/mol. The van der Waals surface area contributed by atoms with Gasteiger partial charge in [0, 0.05) is 6.20 Å². The van der Waals surface area contributed by atoms with Crippen LogP contribution < -0.4 is 0 Å². The molecule has 0 atom stereocenters. The zero-order valence-electron chi connectivity index (χ0n) is 6.07. The van der Waals surface area contributed by atoms with E-state index in [0.29, 0.717) is 6.61 Å². The number of aromatic nitrogens is 2. The fourth-order valence-electron chi connectivity index (χ4n) is 0.580. The van der Waals surface area contributed by atoms with Gasteiger partial charge in [0.25, 0.3) is 0 Å². The fraction of sp³-hybridized carbons (Fsp3) is 0.286. The summed E-state index contributed by atoms with van der Waals surface area (Å²) in [6, 6.07) is 1.48. The number of rotatable bonds is 2. The molecule has 1 aromatic heterocycles. The van der Waals surface area contributed by atoms with Gasteiger partial charge in [0.05, 0.1) is 6.61 Å². The van der Waals surface area contributed by atoms with Gasteiger partial charge < -0.3 is 4.74 Å². The van der Waals surface area contributed by atoms with Crippen LogP contribution in [-0.4, -0.2) is 22.5 Å². The van der Waals surface area contributed by atoms with Crippen LogP contribution in [0.25, 0.3) is 0 Å². The van der Waals surface area contributed by atoms with Crippen molar-refractivity contribution < 1.29 is 9.53 Å². The molecule has 1 rings (SSSR count). The summed E-state index contributed by atoms with van der Waals surface area (Å²) in [7, 11) is 0. The van der Waals surface area contributed by atoms with Crippen molar-refractivity contribution in [3.05, 3.63) is 24.3 Å². The second-order valence-corrected chi connectivity index (χ2v) is 1.76. The van der Waals surface area contributed by atoms with E-state index >= 15 is 0 Å². The molecule has 0 N–H and O–H groups in total. The largest absolute Gasteiger partial charge is 0.461 e. The Hall–Kier alpha value is -1.45. The van der Waals surface area contributed by atoms with Gasteiger partial charge in [-0.05, 0) is 13.0 Å². The molecule has 1 heterocycles. The maximum absolute atomic E-state index is 10.9. The van der Waals surface area contributed by atoms with Gasteiger partial charge in [-0.3, -0.25) is 0 Å². The molecule has 1 radical (unpaired) electrons. The third kappa shape index (κ3) is 2.00. The Morgan fingerprint density at radius 3 is 3.18 bits per heavy atom. The maximum Gasteiger partial charge on any atom is 0.357 e. The number of carbonyl (C=O) groups excluding carboxylic acids is 1. The van der Waals surface area contributed by atoms with Crippen LogP contribution in [0.5, 0.6) is 0 Å². The van der Waals surface area contributed by atoms with Gasteiger partial charge >= 0.3 is 5.97 Å². The van der Waals surface area contributed by atoms with Gasteiger partial charge in [0.15, 0.2) is 12.0 Å². The van der Waals surface area contributed by atoms with Crippen LogP contribution in [0, 0.1) is 6.33 Å². The maximum atomic E-state index is 10.9. The lowest BCUT2D eigenvalue weighted by Gasteiger charge is -1.97. The van der Waals surface area contributed by atoms with Crippen molar-refractivity contribution in [3.8, 4) is 0 Å². The number of hydrogen-bond acceptors (Lipinski definition) is 4. The van der Waals surface area contributed by atoms with Gasteiger partial charge in [-0.25, -0.2) is 14.8 Å². The van der Waals surface area contributed by atoms with E-state index in [9.17, 15) is 4.79 Å². The molecule has 4 nitrogen and oxygen atoms in total. The minimum absolute atomic E-state index is 0.238. The van der Waals surface area contributed by atoms with Crippen LogP contribution >= 0.6 is 0 Å². The quantitative estimate of drug-likeness (QED) is 0.576. The summed E-state index contributed by atoms with van der Waals surface area (Å²) in [6.07, 6.45) is 3.74. The lowest BCUT2D eigenvalue weighted by molar-refractivity contribution is 0.0519. The van der Waals surface area contributed by atoms with E-state index in [0.717, 1.165) is 0 Å². The van der Waals surface area contributed by atoms with Crippen molar-refractivity contribution >= 4 is 5.97 Å². The average Bonchev–Trinajstić information content (AvgIpc) is 2.07. The molecule has 0 saturated carbocycles. The predicted octanol–water partition coefficient (Wildman–Crippen LogP) is 0.453. The Morgan fingerprint density at radius 1 is 1.82 bits per heavy atom. The molecule has 0 fully saturated rings. The second kappa shape index (κ2) is 3.65. The molecule has 0 aromatic carbocycles. The molecular weight excluding hydrogens is 144 g/mol. The number of carbonyl (C=O) groups is 1. The summed E-state index contributed by atoms with van der Waals surface area (Å²) in [6.45, 7) is 2.09. The van der Waals surface area contributed by atoms with E-state index in [2.05, 4.69) is 21.0 Å². The first-order valence-electron chi connectivity index (χ1n) is 3.21. The summed E-state index contributed by atoms with van der Waals surface area (Å²) in [5.41, 5.74) is 0.238. The Bertz CT molecular complexity index is 235. The molecule has 1 aromatic rings. The molecule has 0 aliphatic heterocycles. The third-order valence-electron chi connectivity index (χ3n) is 1.02. The zero-order chi connectivity index (χ0) is 8.10. The van der Waals surface area contributed by atoms with E-state index in [4.69, 9.17) is 0 Å². The molecule has 4 heteroatoms. The molecule has 0 bridgehead atoms. The van der Waals surface area contributed by atoms with Crippen molar-refractivity contribution in [1.29, 1.82) is 0 Å². The molecule has 0 aliphatic carbocycles. The summed E-state index contributed by atoms with van der Waals surface area (Å²) >= 11 is 0. The number of nitrogens with zero attached hydrogens (tertiary/aromatic N) is 2. The van der Waals surface area contributed by atoms with Crippen LogP contribution in [0.4, 0.5) is 0 Å². The zero-order valence-corrected chi connectivity index (χ0v) is 6.07. The SMILES string of the molecule is CCOC(=O)c1ccn[c]n1. The molecule has 0 amide bonds. The van der Waals surface area contributed by atoms with Crippen molar-refractivity contribution in [3.63, 3.8) is 0 Å². The third-order valence-corrected chi connectivity index (χ3v) is 1.02. The number of esters is 1. The van der Waals surface area contributed by atoms with E-state index in [-0.39, 0.29) is 5.69 Å². The second-order valence-electron chi connectivity index (χ2n) is 1.76.